The van der Waals surface area contributed by atoms with Gasteiger partial charge in [-0.1, -0.05) is 38.8 Å². The zero-order chi connectivity index (χ0) is 29.9. The minimum Gasteiger partial charge on any atom is -0.516 e. The number of carbonyl (C=O) groups excluding carboxylic acids is 1. The fourth-order valence-electron chi connectivity index (χ4n) is 5.45. The van der Waals surface area contributed by atoms with Crippen LogP contribution in [0.5, 0.6) is 0 Å². The van der Waals surface area contributed by atoms with Crippen LogP contribution in [0.4, 0.5) is 13.2 Å². The number of nitrogens with one attached hydrogen (secondary N) is 1. The lowest BCUT2D eigenvalue weighted by Gasteiger charge is -2.28. The molecule has 2 atom stereocenters. The van der Waals surface area contributed by atoms with E-state index in [0.717, 1.165) is 16.7 Å². The van der Waals surface area contributed by atoms with E-state index in [1.807, 2.05) is 11.0 Å². The maximum atomic E-state index is 13.2. The molecule has 1 aromatic carbocycles. The molecule has 1 aromatic heterocycles. The number of hydrogen-bond donors (Lipinski definition) is 2. The zero-order valence-electron chi connectivity index (χ0n) is 23.2. The van der Waals surface area contributed by atoms with Crippen LogP contribution in [-0.2, 0) is 16.4 Å². The second-order valence-corrected chi connectivity index (χ2v) is 14.3. The number of fused-ring (bicyclic) bond motifs is 1. The number of alkyl halides is 3. The van der Waals surface area contributed by atoms with Crippen LogP contribution in [0.2, 0.25) is 0 Å². The molecular formula is C30H35F3N2O4S2. The number of nitrogens with zero attached hydrogens (tertiary/aromatic N) is 1. The van der Waals surface area contributed by atoms with Gasteiger partial charge in [-0.2, -0.15) is 13.2 Å². The van der Waals surface area contributed by atoms with Crippen molar-refractivity contribution in [3.8, 4) is 12.0 Å². The van der Waals surface area contributed by atoms with E-state index >= 15 is 0 Å². The number of aliphatic hydroxyl groups is 1. The van der Waals surface area contributed by atoms with Gasteiger partial charge >= 0.3 is 6.18 Å². The second kappa shape index (κ2) is 12.5. The molecule has 2 N–H and O–H groups in total. The molecule has 222 valence electrons. The highest BCUT2D eigenvalue weighted by Gasteiger charge is 2.41. The van der Waals surface area contributed by atoms with Gasteiger partial charge in [-0.25, -0.2) is 8.42 Å². The van der Waals surface area contributed by atoms with Crippen LogP contribution in [0, 0.1) is 29.7 Å². The number of benzene rings is 1. The number of hydrogen-bond acceptors (Lipinski definition) is 6. The number of carbonyl (C=O) groups is 1. The Morgan fingerprint density at radius 2 is 1.85 bits per heavy atom. The van der Waals surface area contributed by atoms with E-state index in [2.05, 4.69) is 31.1 Å². The Balaban J connectivity index is 1.45. The van der Waals surface area contributed by atoms with Crippen LogP contribution in [0.1, 0.15) is 84.2 Å². The Labute approximate surface area is 243 Å². The summed E-state index contributed by atoms with van der Waals surface area (Å²) in [7, 11) is -3.36. The van der Waals surface area contributed by atoms with Gasteiger partial charge < -0.3 is 15.3 Å². The minimum absolute atomic E-state index is 0.0184. The standard InChI is InChI=1S/C30H35F3N2O4S2/c1-4-41(38,39)24-11-7-21(8-12-24)25(14-16-36)34-29(37)26-17-22-18-35(27(19(2)3)28(22)40-26)15-13-20-5-9-23(10-6-20)30(31,32)33/h7-8,11-12,14,16-17,19-20,23,25,27,36H,4-6,9-10,18H2,1-3H3,(H,34,37)/b16-14+/t20?,23?,25-,27?/m0/s1. The summed E-state index contributed by atoms with van der Waals surface area (Å²) in [6.45, 7) is 6.25. The van der Waals surface area contributed by atoms with E-state index in [9.17, 15) is 31.5 Å². The molecule has 1 aliphatic heterocycles. The summed E-state index contributed by atoms with van der Waals surface area (Å²) in [6, 6.07) is 10.6. The number of thiophene rings is 1. The van der Waals surface area contributed by atoms with Crippen molar-refractivity contribution in [1.29, 1.82) is 0 Å². The molecule has 0 bridgehead atoms. The molecule has 4 rings (SSSR count). The van der Waals surface area contributed by atoms with Crippen molar-refractivity contribution >= 4 is 27.1 Å². The quantitative estimate of drug-likeness (QED) is 0.263. The van der Waals surface area contributed by atoms with Crippen LogP contribution >= 0.6 is 11.3 Å². The van der Waals surface area contributed by atoms with Crippen molar-refractivity contribution < 1.29 is 31.5 Å². The summed E-state index contributed by atoms with van der Waals surface area (Å²) in [4.78, 5) is 17.0. The number of halogens is 3. The van der Waals surface area contributed by atoms with Gasteiger partial charge in [0.1, 0.15) is 0 Å². The molecule has 1 amide bonds. The molecule has 1 aliphatic carbocycles. The van der Waals surface area contributed by atoms with Crippen LogP contribution < -0.4 is 5.32 Å². The fraction of sp³-hybridized carbons (Fsp3) is 0.500. The van der Waals surface area contributed by atoms with E-state index in [0.29, 0.717) is 29.8 Å². The number of rotatable bonds is 7. The molecule has 2 aliphatic rings. The highest BCUT2D eigenvalue weighted by molar-refractivity contribution is 7.91. The summed E-state index contributed by atoms with van der Waals surface area (Å²) in [5, 5.41) is 12.3. The van der Waals surface area contributed by atoms with E-state index in [4.69, 9.17) is 0 Å². The first-order valence-corrected chi connectivity index (χ1v) is 16.2. The summed E-state index contributed by atoms with van der Waals surface area (Å²) < 4.78 is 63.3. The third-order valence-corrected chi connectivity index (χ3v) is 10.8. The molecule has 0 spiro atoms. The summed E-state index contributed by atoms with van der Waals surface area (Å²) in [5.74, 6) is 1.81. The van der Waals surface area contributed by atoms with E-state index in [1.165, 1.54) is 29.5 Å². The summed E-state index contributed by atoms with van der Waals surface area (Å²) in [5.41, 5.74) is 1.62. The average Bonchev–Trinajstić information content (AvgIpc) is 3.49. The first-order chi connectivity index (χ1) is 19.3. The molecule has 1 saturated carbocycles. The van der Waals surface area contributed by atoms with E-state index < -0.39 is 28.0 Å². The van der Waals surface area contributed by atoms with Crippen molar-refractivity contribution in [2.75, 3.05) is 5.75 Å². The summed E-state index contributed by atoms with van der Waals surface area (Å²) >= 11 is 1.39. The summed E-state index contributed by atoms with van der Waals surface area (Å²) in [6.07, 6.45) is -0.733. The highest BCUT2D eigenvalue weighted by Crippen LogP contribution is 2.44. The monoisotopic (exact) mass is 608 g/mol. The predicted octanol–water partition coefficient (Wildman–Crippen LogP) is 6.93. The molecule has 2 heterocycles. The Kier molecular flexibility index (Phi) is 9.44. The Hall–Kier alpha value is -2.97. The number of sulfone groups is 1. The maximum absolute atomic E-state index is 13.2. The van der Waals surface area contributed by atoms with Crippen LogP contribution in [0.15, 0.2) is 47.6 Å². The van der Waals surface area contributed by atoms with Gasteiger partial charge in [-0.15, -0.1) is 11.3 Å². The third kappa shape index (κ3) is 7.09. The highest BCUT2D eigenvalue weighted by atomic mass is 32.2. The SMILES string of the molecule is CCS(=O)(=O)c1ccc([C@H](/C=C/O)NC(=O)c2cc3c(s2)C(C(C)C)N(C#CC2CCC(C(F)(F)F)CC2)C3)cc1. The molecule has 0 saturated heterocycles. The van der Waals surface area contributed by atoms with Gasteiger partial charge in [0, 0.05) is 16.8 Å². The number of amides is 1. The van der Waals surface area contributed by atoms with Crippen LogP contribution in [-0.4, -0.2) is 36.3 Å². The topological polar surface area (TPSA) is 86.7 Å². The molecule has 41 heavy (non-hydrogen) atoms. The molecular weight excluding hydrogens is 573 g/mol. The van der Waals surface area contributed by atoms with Crippen LogP contribution in [0.25, 0.3) is 0 Å². The minimum atomic E-state index is -4.13. The molecule has 1 fully saturated rings. The smallest absolute Gasteiger partial charge is 0.391 e. The zero-order valence-corrected chi connectivity index (χ0v) is 24.9. The maximum Gasteiger partial charge on any atom is 0.391 e. The Morgan fingerprint density at radius 3 is 2.41 bits per heavy atom. The first kappa shape index (κ1) is 31.0. The molecule has 6 nitrogen and oxygen atoms in total. The van der Waals surface area contributed by atoms with Gasteiger partial charge in [0.05, 0.1) is 46.3 Å². The third-order valence-electron chi connectivity index (χ3n) is 7.79. The van der Waals surface area contributed by atoms with Gasteiger partial charge in [-0.3, -0.25) is 4.79 Å². The van der Waals surface area contributed by atoms with Crippen molar-refractivity contribution in [1.82, 2.24) is 10.2 Å². The van der Waals surface area contributed by atoms with Gasteiger partial charge in [0.15, 0.2) is 9.84 Å². The van der Waals surface area contributed by atoms with E-state index in [-0.39, 0.29) is 47.3 Å². The van der Waals surface area contributed by atoms with Crippen molar-refractivity contribution in [3.63, 3.8) is 0 Å². The lowest BCUT2D eigenvalue weighted by atomic mass is 9.82. The fourth-order valence-corrected chi connectivity index (χ4v) is 7.70. The first-order valence-electron chi connectivity index (χ1n) is 13.8. The number of aliphatic hydroxyl groups excluding tert-OH is 1. The normalized spacial score (nSPS) is 21.9. The molecule has 0 radical (unpaired) electrons. The molecule has 1 unspecified atom stereocenters. The van der Waals surface area contributed by atoms with Gasteiger partial charge in [0.25, 0.3) is 5.91 Å². The van der Waals surface area contributed by atoms with Crippen molar-refractivity contribution in [2.24, 2.45) is 17.8 Å². The van der Waals surface area contributed by atoms with Gasteiger partial charge in [-0.05, 0) is 67.0 Å². The lowest BCUT2D eigenvalue weighted by molar-refractivity contribution is -0.183. The predicted molar refractivity (Wildman–Crippen MR) is 153 cm³/mol. The lowest BCUT2D eigenvalue weighted by Crippen LogP contribution is -2.27. The van der Waals surface area contributed by atoms with E-state index in [1.54, 1.807) is 19.1 Å². The largest absolute Gasteiger partial charge is 0.516 e. The Morgan fingerprint density at radius 1 is 1.20 bits per heavy atom. The van der Waals surface area contributed by atoms with Crippen molar-refractivity contribution in [3.05, 3.63) is 63.6 Å². The van der Waals surface area contributed by atoms with Gasteiger partial charge in [0.2, 0.25) is 0 Å². The molecule has 11 heteroatoms. The molecule has 2 aromatic rings. The average molecular weight is 609 g/mol. The van der Waals surface area contributed by atoms with Crippen molar-refractivity contribution in [2.45, 2.75) is 76.2 Å². The second-order valence-electron chi connectivity index (χ2n) is 10.9. The van der Waals surface area contributed by atoms with Crippen LogP contribution in [0.3, 0.4) is 0 Å². The Bertz CT molecular complexity index is 1430.